The van der Waals surface area contributed by atoms with E-state index in [-0.39, 0.29) is 30.0 Å². The average Bonchev–Trinajstić information content (AvgIpc) is 3.13. The molecule has 1 heterocycles. The number of guanidine groups is 1. The molecule has 0 bridgehead atoms. The third-order valence-corrected chi connectivity index (χ3v) is 4.31. The second kappa shape index (κ2) is 12.2. The summed E-state index contributed by atoms with van der Waals surface area (Å²) in [7, 11) is 0. The molecule has 1 aromatic carbocycles. The minimum atomic E-state index is 0. The van der Waals surface area contributed by atoms with Crippen LogP contribution in [0.2, 0.25) is 0 Å². The third-order valence-electron chi connectivity index (χ3n) is 3.61. The maximum Gasteiger partial charge on any atom is 0.191 e. The van der Waals surface area contributed by atoms with Crippen molar-refractivity contribution in [2.24, 2.45) is 4.99 Å². The number of aromatic nitrogens is 2. The highest BCUT2D eigenvalue weighted by Gasteiger charge is 2.09. The zero-order chi connectivity index (χ0) is 17.2. The Kier molecular flexibility index (Phi) is 10.6. The van der Waals surface area contributed by atoms with E-state index in [1.165, 1.54) is 5.56 Å². The van der Waals surface area contributed by atoms with E-state index in [0.717, 1.165) is 36.9 Å². The fourth-order valence-corrected chi connectivity index (χ4v) is 2.78. The molecule has 7 heteroatoms. The Hall–Kier alpha value is -1.22. The predicted octanol–water partition coefficient (Wildman–Crippen LogP) is 3.86. The molecule has 0 aliphatic rings. The SMILES string of the molecule is CCNC(=NCCCSC)NC(C)c1cccc(-n2cccn2)c1.I. The summed E-state index contributed by atoms with van der Waals surface area (Å²) >= 11 is 1.86. The summed E-state index contributed by atoms with van der Waals surface area (Å²) in [5.41, 5.74) is 2.27. The summed E-state index contributed by atoms with van der Waals surface area (Å²) in [6.07, 6.45) is 6.97. The Morgan fingerprint density at radius 1 is 1.36 bits per heavy atom. The maximum atomic E-state index is 4.65. The Morgan fingerprint density at radius 2 is 2.20 bits per heavy atom. The molecule has 25 heavy (non-hydrogen) atoms. The first-order valence-corrected chi connectivity index (χ1v) is 9.77. The molecule has 0 amide bonds. The van der Waals surface area contributed by atoms with Gasteiger partial charge in [-0.05, 0) is 56.0 Å². The molecule has 0 radical (unpaired) electrons. The van der Waals surface area contributed by atoms with Crippen molar-refractivity contribution in [2.45, 2.75) is 26.3 Å². The van der Waals surface area contributed by atoms with E-state index in [1.807, 2.05) is 28.7 Å². The molecule has 0 saturated carbocycles. The molecular weight excluding hydrogens is 445 g/mol. The van der Waals surface area contributed by atoms with Crippen molar-refractivity contribution in [3.8, 4) is 5.69 Å². The molecule has 0 spiro atoms. The second-order valence-corrected chi connectivity index (χ2v) is 6.50. The summed E-state index contributed by atoms with van der Waals surface area (Å²) < 4.78 is 1.87. The zero-order valence-electron chi connectivity index (χ0n) is 15.1. The number of hydrogen-bond donors (Lipinski definition) is 2. The highest BCUT2D eigenvalue weighted by Crippen LogP contribution is 2.16. The van der Waals surface area contributed by atoms with Crippen LogP contribution in [0.4, 0.5) is 0 Å². The molecule has 1 unspecified atom stereocenters. The Bertz CT molecular complexity index is 630. The smallest absolute Gasteiger partial charge is 0.191 e. The number of nitrogens with zero attached hydrogens (tertiary/aromatic N) is 3. The predicted molar refractivity (Wildman–Crippen MR) is 120 cm³/mol. The first kappa shape index (κ1) is 21.8. The number of rotatable bonds is 8. The quantitative estimate of drug-likeness (QED) is 0.265. The topological polar surface area (TPSA) is 54.2 Å². The number of thioether (sulfide) groups is 1. The highest BCUT2D eigenvalue weighted by atomic mass is 127. The summed E-state index contributed by atoms with van der Waals surface area (Å²) in [5, 5.41) is 11.1. The lowest BCUT2D eigenvalue weighted by Gasteiger charge is -2.19. The van der Waals surface area contributed by atoms with Gasteiger partial charge >= 0.3 is 0 Å². The number of halogens is 1. The Labute approximate surface area is 172 Å². The van der Waals surface area contributed by atoms with Crippen LogP contribution in [-0.4, -0.2) is 40.8 Å². The minimum absolute atomic E-state index is 0. The van der Waals surface area contributed by atoms with E-state index >= 15 is 0 Å². The van der Waals surface area contributed by atoms with E-state index in [2.05, 4.69) is 65.1 Å². The molecule has 138 valence electrons. The second-order valence-electron chi connectivity index (χ2n) is 5.52. The molecule has 0 saturated heterocycles. The lowest BCUT2D eigenvalue weighted by molar-refractivity contribution is 0.684. The monoisotopic (exact) mass is 473 g/mol. The normalized spacial score (nSPS) is 12.4. The number of aliphatic imine (C=N–C) groups is 1. The summed E-state index contributed by atoms with van der Waals surface area (Å²) in [4.78, 5) is 4.65. The number of nitrogens with one attached hydrogen (secondary N) is 2. The third kappa shape index (κ3) is 7.27. The Balaban J connectivity index is 0.00000312. The van der Waals surface area contributed by atoms with Crippen LogP contribution in [0, 0.1) is 0 Å². The van der Waals surface area contributed by atoms with E-state index in [0.29, 0.717) is 0 Å². The van der Waals surface area contributed by atoms with Gasteiger partial charge in [-0.1, -0.05) is 12.1 Å². The van der Waals surface area contributed by atoms with Crippen LogP contribution in [-0.2, 0) is 0 Å². The van der Waals surface area contributed by atoms with E-state index < -0.39 is 0 Å². The van der Waals surface area contributed by atoms with Gasteiger partial charge in [-0.2, -0.15) is 16.9 Å². The van der Waals surface area contributed by atoms with Gasteiger partial charge < -0.3 is 10.6 Å². The van der Waals surface area contributed by atoms with Crippen molar-refractivity contribution in [3.63, 3.8) is 0 Å². The van der Waals surface area contributed by atoms with E-state index in [9.17, 15) is 0 Å². The Morgan fingerprint density at radius 3 is 2.88 bits per heavy atom. The summed E-state index contributed by atoms with van der Waals surface area (Å²) in [6, 6.07) is 10.5. The first-order valence-electron chi connectivity index (χ1n) is 8.38. The minimum Gasteiger partial charge on any atom is -0.357 e. The van der Waals surface area contributed by atoms with Crippen LogP contribution in [0.25, 0.3) is 5.69 Å². The highest BCUT2D eigenvalue weighted by molar-refractivity contribution is 14.0. The molecule has 1 aromatic heterocycles. The number of hydrogen-bond acceptors (Lipinski definition) is 3. The van der Waals surface area contributed by atoms with Crippen LogP contribution in [0.5, 0.6) is 0 Å². The van der Waals surface area contributed by atoms with Gasteiger partial charge in [0.15, 0.2) is 5.96 Å². The standard InChI is InChI=1S/C18H27N5S.HI/c1-4-19-18(20-10-7-13-24-3)22-15(2)16-8-5-9-17(14-16)23-12-6-11-21-23;/h5-6,8-9,11-12,14-15H,4,7,10,13H2,1-3H3,(H2,19,20,22);1H. The van der Waals surface area contributed by atoms with Crippen molar-refractivity contribution in [1.82, 2.24) is 20.4 Å². The molecule has 1 atom stereocenters. The zero-order valence-corrected chi connectivity index (χ0v) is 18.3. The first-order chi connectivity index (χ1) is 11.7. The molecule has 0 aliphatic heterocycles. The fourth-order valence-electron chi connectivity index (χ4n) is 2.37. The van der Waals surface area contributed by atoms with Gasteiger partial charge in [0.05, 0.1) is 11.7 Å². The molecule has 0 fully saturated rings. The van der Waals surface area contributed by atoms with Gasteiger partial charge in [0.25, 0.3) is 0 Å². The van der Waals surface area contributed by atoms with E-state index in [1.54, 1.807) is 6.20 Å². The van der Waals surface area contributed by atoms with Crippen LogP contribution >= 0.6 is 35.7 Å². The van der Waals surface area contributed by atoms with Crippen molar-refractivity contribution in [2.75, 3.05) is 25.1 Å². The lowest BCUT2D eigenvalue weighted by Crippen LogP contribution is -2.38. The van der Waals surface area contributed by atoms with Gasteiger partial charge in [-0.3, -0.25) is 4.99 Å². The lowest BCUT2D eigenvalue weighted by atomic mass is 10.1. The molecule has 5 nitrogen and oxygen atoms in total. The number of benzene rings is 1. The van der Waals surface area contributed by atoms with Crippen molar-refractivity contribution in [3.05, 3.63) is 48.3 Å². The fraction of sp³-hybridized carbons (Fsp3) is 0.444. The van der Waals surface area contributed by atoms with Gasteiger partial charge in [0.1, 0.15) is 0 Å². The van der Waals surface area contributed by atoms with Crippen LogP contribution in [0.15, 0.2) is 47.7 Å². The molecule has 2 rings (SSSR count). The average molecular weight is 473 g/mol. The van der Waals surface area contributed by atoms with Gasteiger partial charge in [0, 0.05) is 25.5 Å². The van der Waals surface area contributed by atoms with Crippen LogP contribution < -0.4 is 10.6 Å². The molecular formula is C18H28IN5S. The summed E-state index contributed by atoms with van der Waals surface area (Å²) in [6.45, 7) is 5.93. The molecule has 0 aliphatic carbocycles. The van der Waals surface area contributed by atoms with Gasteiger partial charge in [-0.15, -0.1) is 24.0 Å². The van der Waals surface area contributed by atoms with Crippen molar-refractivity contribution >= 4 is 41.7 Å². The largest absolute Gasteiger partial charge is 0.357 e. The van der Waals surface area contributed by atoms with Gasteiger partial charge in [0.2, 0.25) is 0 Å². The van der Waals surface area contributed by atoms with Crippen molar-refractivity contribution in [1.29, 1.82) is 0 Å². The van der Waals surface area contributed by atoms with Crippen molar-refractivity contribution < 1.29 is 0 Å². The summed E-state index contributed by atoms with van der Waals surface area (Å²) in [5.74, 6) is 2.01. The molecule has 2 aromatic rings. The van der Waals surface area contributed by atoms with Crippen LogP contribution in [0.1, 0.15) is 31.9 Å². The molecule has 2 N–H and O–H groups in total. The van der Waals surface area contributed by atoms with E-state index in [4.69, 9.17) is 0 Å². The van der Waals surface area contributed by atoms with Gasteiger partial charge in [-0.25, -0.2) is 4.68 Å². The maximum absolute atomic E-state index is 4.65. The van der Waals surface area contributed by atoms with Crippen LogP contribution in [0.3, 0.4) is 0 Å².